The fourth-order valence-corrected chi connectivity index (χ4v) is 3.08. The third-order valence-electron chi connectivity index (χ3n) is 3.30. The van der Waals surface area contributed by atoms with Crippen LogP contribution in [0.4, 0.5) is 5.82 Å². The fraction of sp³-hybridized carbons (Fsp3) is 0.286. The lowest BCUT2D eigenvalue weighted by Gasteiger charge is -2.10. The number of aromatic nitrogens is 2. The van der Waals surface area contributed by atoms with Crippen LogP contribution in [-0.4, -0.2) is 9.97 Å². The maximum absolute atomic E-state index is 6.00. The fourth-order valence-electron chi connectivity index (χ4n) is 2.11. The number of aryl methyl sites for hydroxylation is 1. The molecule has 98 valence electrons. The van der Waals surface area contributed by atoms with Crippen molar-refractivity contribution in [3.8, 4) is 11.4 Å². The zero-order valence-corrected chi connectivity index (χ0v) is 13.6. The SMILES string of the molecule is Cc1cc(Br)ccc1-c1nc(N)c(Br)c(C2CC2)n1. The molecule has 2 aromatic rings. The molecule has 1 heterocycles. The minimum atomic E-state index is 0.522. The molecule has 19 heavy (non-hydrogen) atoms. The lowest BCUT2D eigenvalue weighted by molar-refractivity contribution is 0.983. The van der Waals surface area contributed by atoms with E-state index in [-0.39, 0.29) is 0 Å². The zero-order valence-electron chi connectivity index (χ0n) is 10.5. The predicted molar refractivity (Wildman–Crippen MR) is 84.0 cm³/mol. The second kappa shape index (κ2) is 4.87. The summed E-state index contributed by atoms with van der Waals surface area (Å²) in [6, 6.07) is 6.09. The van der Waals surface area contributed by atoms with Gasteiger partial charge in [0.2, 0.25) is 0 Å². The van der Waals surface area contributed by atoms with Gasteiger partial charge in [-0.25, -0.2) is 9.97 Å². The number of hydrogen-bond donors (Lipinski definition) is 1. The normalized spacial score (nSPS) is 14.7. The van der Waals surface area contributed by atoms with E-state index in [1.54, 1.807) is 0 Å². The molecule has 1 aromatic carbocycles. The Morgan fingerprint density at radius 1 is 1.21 bits per heavy atom. The Morgan fingerprint density at radius 3 is 2.58 bits per heavy atom. The van der Waals surface area contributed by atoms with Gasteiger partial charge in [0.05, 0.1) is 10.2 Å². The second-order valence-electron chi connectivity index (χ2n) is 4.87. The van der Waals surface area contributed by atoms with E-state index in [1.807, 2.05) is 12.1 Å². The van der Waals surface area contributed by atoms with Crippen LogP contribution in [0.3, 0.4) is 0 Å². The van der Waals surface area contributed by atoms with Crippen molar-refractivity contribution in [2.24, 2.45) is 0 Å². The van der Waals surface area contributed by atoms with Crippen molar-refractivity contribution in [3.63, 3.8) is 0 Å². The first-order chi connectivity index (χ1) is 9.06. The van der Waals surface area contributed by atoms with Crippen LogP contribution in [0, 0.1) is 6.92 Å². The van der Waals surface area contributed by atoms with E-state index in [9.17, 15) is 0 Å². The number of halogens is 2. The molecule has 2 N–H and O–H groups in total. The van der Waals surface area contributed by atoms with Crippen molar-refractivity contribution in [1.82, 2.24) is 9.97 Å². The summed E-state index contributed by atoms with van der Waals surface area (Å²) >= 11 is 6.97. The first kappa shape index (κ1) is 13.1. The highest BCUT2D eigenvalue weighted by molar-refractivity contribution is 9.11. The molecule has 0 aliphatic heterocycles. The minimum Gasteiger partial charge on any atom is -0.383 e. The maximum Gasteiger partial charge on any atom is 0.162 e. The van der Waals surface area contributed by atoms with Gasteiger partial charge in [-0.05, 0) is 59.5 Å². The lowest BCUT2D eigenvalue weighted by Crippen LogP contribution is -2.02. The summed E-state index contributed by atoms with van der Waals surface area (Å²) in [5, 5.41) is 0. The Bertz CT molecular complexity index is 651. The van der Waals surface area contributed by atoms with Crippen molar-refractivity contribution in [1.29, 1.82) is 0 Å². The van der Waals surface area contributed by atoms with E-state index in [4.69, 9.17) is 10.7 Å². The van der Waals surface area contributed by atoms with Gasteiger partial charge in [-0.3, -0.25) is 0 Å². The van der Waals surface area contributed by atoms with Gasteiger partial charge < -0.3 is 5.73 Å². The first-order valence-corrected chi connectivity index (χ1v) is 7.74. The van der Waals surface area contributed by atoms with E-state index in [0.29, 0.717) is 17.6 Å². The van der Waals surface area contributed by atoms with Crippen LogP contribution in [0.5, 0.6) is 0 Å². The van der Waals surface area contributed by atoms with Crippen molar-refractivity contribution in [2.45, 2.75) is 25.7 Å². The quantitative estimate of drug-likeness (QED) is 0.835. The Balaban J connectivity index is 2.14. The van der Waals surface area contributed by atoms with Crippen LogP contribution in [0.15, 0.2) is 27.1 Å². The molecule has 0 amide bonds. The molecular weight excluding hydrogens is 370 g/mol. The largest absolute Gasteiger partial charge is 0.383 e. The van der Waals surface area contributed by atoms with Crippen LogP contribution in [0.2, 0.25) is 0 Å². The number of benzene rings is 1. The summed E-state index contributed by atoms with van der Waals surface area (Å²) in [6.07, 6.45) is 2.38. The van der Waals surface area contributed by atoms with Crippen molar-refractivity contribution >= 4 is 37.7 Å². The molecular formula is C14H13Br2N3. The number of nitrogen functional groups attached to an aromatic ring is 1. The number of hydrogen-bond acceptors (Lipinski definition) is 3. The zero-order chi connectivity index (χ0) is 13.6. The van der Waals surface area contributed by atoms with E-state index >= 15 is 0 Å². The molecule has 0 saturated heterocycles. The van der Waals surface area contributed by atoms with Crippen LogP contribution >= 0.6 is 31.9 Å². The molecule has 0 spiro atoms. The van der Waals surface area contributed by atoms with Gasteiger partial charge in [0, 0.05) is 16.0 Å². The van der Waals surface area contributed by atoms with Crippen molar-refractivity contribution < 1.29 is 0 Å². The topological polar surface area (TPSA) is 51.8 Å². The third-order valence-corrected chi connectivity index (χ3v) is 4.60. The summed E-state index contributed by atoms with van der Waals surface area (Å²) in [7, 11) is 0. The average molecular weight is 383 g/mol. The summed E-state index contributed by atoms with van der Waals surface area (Å²) in [4.78, 5) is 9.11. The summed E-state index contributed by atoms with van der Waals surface area (Å²) in [6.45, 7) is 2.05. The molecule has 3 rings (SSSR count). The molecule has 0 atom stereocenters. The van der Waals surface area contributed by atoms with Crippen LogP contribution < -0.4 is 5.73 Å². The number of anilines is 1. The smallest absolute Gasteiger partial charge is 0.162 e. The molecule has 1 aromatic heterocycles. The number of nitrogens with zero attached hydrogens (tertiary/aromatic N) is 2. The lowest BCUT2D eigenvalue weighted by atomic mass is 10.1. The van der Waals surface area contributed by atoms with Crippen molar-refractivity contribution in [3.05, 3.63) is 38.4 Å². The van der Waals surface area contributed by atoms with Gasteiger partial charge in [-0.15, -0.1) is 0 Å². The Kier molecular flexibility index (Phi) is 3.35. The van der Waals surface area contributed by atoms with Crippen LogP contribution in [-0.2, 0) is 0 Å². The van der Waals surface area contributed by atoms with E-state index in [1.165, 1.54) is 12.8 Å². The molecule has 1 aliphatic carbocycles. The molecule has 0 radical (unpaired) electrons. The monoisotopic (exact) mass is 381 g/mol. The molecule has 1 aliphatic rings. The number of rotatable bonds is 2. The Labute approximate surface area is 128 Å². The van der Waals surface area contributed by atoms with Gasteiger partial charge >= 0.3 is 0 Å². The highest BCUT2D eigenvalue weighted by Crippen LogP contribution is 2.44. The van der Waals surface area contributed by atoms with Gasteiger partial charge in [0.15, 0.2) is 5.82 Å². The second-order valence-corrected chi connectivity index (χ2v) is 6.57. The third kappa shape index (κ3) is 2.54. The van der Waals surface area contributed by atoms with E-state index < -0.39 is 0 Å². The molecule has 0 bridgehead atoms. The van der Waals surface area contributed by atoms with E-state index in [2.05, 4.69) is 49.8 Å². The molecule has 1 fully saturated rings. The van der Waals surface area contributed by atoms with Crippen LogP contribution in [0.1, 0.15) is 30.0 Å². The van der Waals surface area contributed by atoms with Gasteiger partial charge in [-0.1, -0.05) is 15.9 Å². The van der Waals surface area contributed by atoms with Gasteiger partial charge in [0.1, 0.15) is 5.82 Å². The summed E-state index contributed by atoms with van der Waals surface area (Å²) in [5.41, 5.74) is 9.21. The highest BCUT2D eigenvalue weighted by Gasteiger charge is 2.29. The van der Waals surface area contributed by atoms with E-state index in [0.717, 1.165) is 25.8 Å². The molecule has 1 saturated carbocycles. The first-order valence-electron chi connectivity index (χ1n) is 6.15. The van der Waals surface area contributed by atoms with Crippen molar-refractivity contribution in [2.75, 3.05) is 5.73 Å². The standard InChI is InChI=1S/C14H13Br2N3/c1-7-6-9(15)4-5-10(7)14-18-12(8-2-3-8)11(16)13(17)19-14/h4-6,8H,2-3H2,1H3,(H2,17,18,19). The number of nitrogens with two attached hydrogens (primary N) is 1. The Morgan fingerprint density at radius 2 is 1.95 bits per heavy atom. The van der Waals surface area contributed by atoms with Gasteiger partial charge in [-0.2, -0.15) is 0 Å². The molecule has 3 nitrogen and oxygen atoms in total. The summed E-state index contributed by atoms with van der Waals surface area (Å²) < 4.78 is 1.91. The molecule has 5 heteroatoms. The average Bonchev–Trinajstić information content (AvgIpc) is 3.17. The van der Waals surface area contributed by atoms with Crippen LogP contribution in [0.25, 0.3) is 11.4 Å². The van der Waals surface area contributed by atoms with Gasteiger partial charge in [0.25, 0.3) is 0 Å². The Hall–Kier alpha value is -0.940. The summed E-state index contributed by atoms with van der Waals surface area (Å²) in [5.74, 6) is 1.77. The maximum atomic E-state index is 6.00. The minimum absolute atomic E-state index is 0.522. The highest BCUT2D eigenvalue weighted by atomic mass is 79.9. The predicted octanol–water partition coefficient (Wildman–Crippen LogP) is 4.44. The molecule has 0 unspecified atom stereocenters.